The summed E-state index contributed by atoms with van der Waals surface area (Å²) in [5.74, 6) is -0.388. The molecule has 1 heterocycles. The normalized spacial score (nSPS) is 19.3. The average molecular weight is 387 g/mol. The van der Waals surface area contributed by atoms with Crippen LogP contribution < -0.4 is 10.6 Å². The van der Waals surface area contributed by atoms with Crippen LogP contribution in [0.3, 0.4) is 0 Å². The molecule has 0 aromatic heterocycles. The molecule has 7 nitrogen and oxygen atoms in total. The molecule has 1 aromatic carbocycles. The highest BCUT2D eigenvalue weighted by Gasteiger charge is 2.36. The number of aryl methyl sites for hydroxylation is 1. The third kappa shape index (κ3) is 5.03. The Balaban J connectivity index is 1.69. The van der Waals surface area contributed by atoms with E-state index in [2.05, 4.69) is 10.6 Å². The molecular weight excluding hydrogens is 358 g/mol. The predicted octanol–water partition coefficient (Wildman–Crippen LogP) is 3.23. The van der Waals surface area contributed by atoms with E-state index in [-0.39, 0.29) is 17.9 Å². The van der Waals surface area contributed by atoms with E-state index in [1.807, 2.05) is 13.0 Å². The molecule has 152 valence electrons. The fourth-order valence-electron chi connectivity index (χ4n) is 3.19. The summed E-state index contributed by atoms with van der Waals surface area (Å²) in [7, 11) is 0. The van der Waals surface area contributed by atoms with Crippen LogP contribution in [0.1, 0.15) is 62.4 Å². The Morgan fingerprint density at radius 2 is 1.86 bits per heavy atom. The average Bonchev–Trinajstić information content (AvgIpc) is 3.26. The third-order valence-corrected chi connectivity index (χ3v) is 4.85. The number of rotatable bonds is 4. The molecule has 2 fully saturated rings. The first-order chi connectivity index (χ1) is 13.1. The minimum Gasteiger partial charge on any atom is -0.444 e. The minimum absolute atomic E-state index is 0.130. The lowest BCUT2D eigenvalue weighted by atomic mass is 10.1. The molecule has 0 bridgehead atoms. The van der Waals surface area contributed by atoms with E-state index in [4.69, 9.17) is 4.74 Å². The molecule has 1 unspecified atom stereocenters. The van der Waals surface area contributed by atoms with Gasteiger partial charge in [-0.25, -0.2) is 4.79 Å². The first-order valence-corrected chi connectivity index (χ1v) is 9.86. The summed E-state index contributed by atoms with van der Waals surface area (Å²) in [6.07, 6.45) is 2.90. The van der Waals surface area contributed by atoms with Gasteiger partial charge in [-0.05, 0) is 71.1 Å². The monoisotopic (exact) mass is 387 g/mol. The fourth-order valence-corrected chi connectivity index (χ4v) is 3.19. The van der Waals surface area contributed by atoms with Gasteiger partial charge in [0.2, 0.25) is 5.91 Å². The smallest absolute Gasteiger partial charge is 0.410 e. The van der Waals surface area contributed by atoms with Crippen LogP contribution in [-0.2, 0) is 9.53 Å². The lowest BCUT2D eigenvalue weighted by Crippen LogP contribution is -2.45. The molecule has 1 aliphatic carbocycles. The summed E-state index contributed by atoms with van der Waals surface area (Å²) in [6.45, 7) is 7.78. The summed E-state index contributed by atoms with van der Waals surface area (Å²) < 4.78 is 5.42. The van der Waals surface area contributed by atoms with Crippen molar-refractivity contribution in [2.75, 3.05) is 11.9 Å². The number of ether oxygens (including phenoxy) is 1. The van der Waals surface area contributed by atoms with Gasteiger partial charge in [0.1, 0.15) is 11.6 Å². The van der Waals surface area contributed by atoms with Crippen LogP contribution in [0.4, 0.5) is 10.5 Å². The van der Waals surface area contributed by atoms with Crippen LogP contribution in [0.15, 0.2) is 18.2 Å². The van der Waals surface area contributed by atoms with E-state index >= 15 is 0 Å². The molecule has 3 amide bonds. The molecular formula is C21H29N3O4. The molecule has 1 atom stereocenters. The van der Waals surface area contributed by atoms with Crippen LogP contribution in [0.25, 0.3) is 0 Å². The van der Waals surface area contributed by atoms with Crippen LogP contribution in [0.5, 0.6) is 0 Å². The van der Waals surface area contributed by atoms with E-state index in [0.29, 0.717) is 24.2 Å². The number of anilines is 1. The number of hydrogen-bond acceptors (Lipinski definition) is 4. The number of nitrogens with one attached hydrogen (secondary N) is 2. The number of hydrogen-bond donors (Lipinski definition) is 2. The SMILES string of the molecule is Cc1ccc(C(=O)NC2CC2)cc1NC(=O)C1CCCN1C(=O)OC(C)(C)C. The van der Waals surface area contributed by atoms with Gasteiger partial charge in [-0.15, -0.1) is 0 Å². The Morgan fingerprint density at radius 1 is 1.14 bits per heavy atom. The first kappa shape index (κ1) is 20.2. The molecule has 1 saturated carbocycles. The highest BCUT2D eigenvalue weighted by atomic mass is 16.6. The second-order valence-corrected chi connectivity index (χ2v) is 8.60. The van der Waals surface area contributed by atoms with Crippen molar-refractivity contribution in [2.24, 2.45) is 0 Å². The topological polar surface area (TPSA) is 87.7 Å². The van der Waals surface area contributed by atoms with Crippen molar-refractivity contribution in [3.8, 4) is 0 Å². The van der Waals surface area contributed by atoms with E-state index < -0.39 is 17.7 Å². The van der Waals surface area contributed by atoms with Gasteiger partial charge in [0.15, 0.2) is 0 Å². The summed E-state index contributed by atoms with van der Waals surface area (Å²) in [5, 5.41) is 5.84. The molecule has 0 radical (unpaired) electrons. The van der Waals surface area contributed by atoms with Gasteiger partial charge in [0, 0.05) is 23.8 Å². The Kier molecular flexibility index (Phi) is 5.63. The van der Waals surface area contributed by atoms with Crippen LogP contribution >= 0.6 is 0 Å². The standard InChI is InChI=1S/C21H29N3O4/c1-13-7-8-14(18(25)22-15-9-10-15)12-16(13)23-19(26)17-6-5-11-24(17)20(27)28-21(2,3)4/h7-8,12,15,17H,5-6,9-11H2,1-4H3,(H,22,25)(H,23,26). The van der Waals surface area contributed by atoms with Crippen molar-refractivity contribution in [2.45, 2.75) is 71.1 Å². The maximum absolute atomic E-state index is 12.9. The molecule has 0 spiro atoms. The zero-order valence-electron chi connectivity index (χ0n) is 17.0. The number of nitrogens with zero attached hydrogens (tertiary/aromatic N) is 1. The summed E-state index contributed by atoms with van der Waals surface area (Å²) in [6, 6.07) is 4.96. The van der Waals surface area contributed by atoms with Crippen molar-refractivity contribution in [3.05, 3.63) is 29.3 Å². The van der Waals surface area contributed by atoms with Crippen LogP contribution in [0.2, 0.25) is 0 Å². The Labute approximate surface area is 165 Å². The molecule has 7 heteroatoms. The second kappa shape index (κ2) is 7.81. The zero-order valence-corrected chi connectivity index (χ0v) is 17.0. The van der Waals surface area contributed by atoms with Gasteiger partial charge in [0.25, 0.3) is 5.91 Å². The predicted molar refractivity (Wildman–Crippen MR) is 106 cm³/mol. The highest BCUT2D eigenvalue weighted by molar-refractivity contribution is 6.00. The number of amides is 3. The van der Waals surface area contributed by atoms with Crippen molar-refractivity contribution in [3.63, 3.8) is 0 Å². The summed E-state index contributed by atoms with van der Waals surface area (Å²) in [5.41, 5.74) is 1.35. The quantitative estimate of drug-likeness (QED) is 0.830. The van der Waals surface area contributed by atoms with Crippen molar-refractivity contribution in [1.29, 1.82) is 0 Å². The Hall–Kier alpha value is -2.57. The maximum atomic E-state index is 12.9. The Bertz CT molecular complexity index is 780. The van der Waals surface area contributed by atoms with Gasteiger partial charge >= 0.3 is 6.09 Å². The van der Waals surface area contributed by atoms with Gasteiger partial charge in [-0.1, -0.05) is 6.07 Å². The van der Waals surface area contributed by atoms with Gasteiger partial charge in [-0.2, -0.15) is 0 Å². The second-order valence-electron chi connectivity index (χ2n) is 8.60. The van der Waals surface area contributed by atoms with E-state index in [1.165, 1.54) is 4.90 Å². The van der Waals surface area contributed by atoms with Crippen LogP contribution in [0, 0.1) is 6.92 Å². The number of likely N-dealkylation sites (tertiary alicyclic amines) is 1. The van der Waals surface area contributed by atoms with Crippen LogP contribution in [-0.4, -0.2) is 47.0 Å². The van der Waals surface area contributed by atoms with E-state index in [9.17, 15) is 14.4 Å². The third-order valence-electron chi connectivity index (χ3n) is 4.85. The summed E-state index contributed by atoms with van der Waals surface area (Å²) in [4.78, 5) is 39.0. The van der Waals surface area contributed by atoms with E-state index in [0.717, 1.165) is 24.8 Å². The number of benzene rings is 1. The van der Waals surface area contributed by atoms with Crippen molar-refractivity contribution in [1.82, 2.24) is 10.2 Å². The lowest BCUT2D eigenvalue weighted by molar-refractivity contribution is -0.120. The molecule has 1 saturated heterocycles. The van der Waals surface area contributed by atoms with Gasteiger partial charge in [-0.3, -0.25) is 14.5 Å². The molecule has 2 aliphatic rings. The molecule has 28 heavy (non-hydrogen) atoms. The van der Waals surface area contributed by atoms with Gasteiger partial charge in [0.05, 0.1) is 0 Å². The highest BCUT2D eigenvalue weighted by Crippen LogP contribution is 2.24. The zero-order chi connectivity index (χ0) is 20.5. The van der Waals surface area contributed by atoms with Crippen molar-refractivity contribution < 1.29 is 19.1 Å². The molecule has 1 aromatic rings. The molecule has 1 aliphatic heterocycles. The number of carbonyl (C=O) groups is 3. The fraction of sp³-hybridized carbons (Fsp3) is 0.571. The largest absolute Gasteiger partial charge is 0.444 e. The summed E-state index contributed by atoms with van der Waals surface area (Å²) >= 11 is 0. The molecule has 2 N–H and O–H groups in total. The lowest BCUT2D eigenvalue weighted by Gasteiger charge is -2.28. The van der Waals surface area contributed by atoms with E-state index in [1.54, 1.807) is 32.9 Å². The van der Waals surface area contributed by atoms with Gasteiger partial charge < -0.3 is 15.4 Å². The minimum atomic E-state index is -0.611. The van der Waals surface area contributed by atoms with Crippen molar-refractivity contribution >= 4 is 23.6 Å². The molecule has 3 rings (SSSR count). The Morgan fingerprint density at radius 3 is 2.50 bits per heavy atom. The maximum Gasteiger partial charge on any atom is 0.410 e. The first-order valence-electron chi connectivity index (χ1n) is 9.86. The number of carbonyl (C=O) groups excluding carboxylic acids is 3.